The average molecular weight is 391 g/mol. The third-order valence-electron chi connectivity index (χ3n) is 4.43. The van der Waals surface area contributed by atoms with Gasteiger partial charge in [-0.05, 0) is 43.0 Å². The molecule has 1 fully saturated rings. The van der Waals surface area contributed by atoms with Crippen molar-refractivity contribution in [2.24, 2.45) is 11.8 Å². The number of benzene rings is 2. The molecule has 2 unspecified atom stereocenters. The molecule has 1 aliphatic rings. The van der Waals surface area contributed by atoms with E-state index in [2.05, 4.69) is 22.8 Å². The number of hydrogen-bond donors (Lipinski definition) is 2. The Labute approximate surface area is 162 Å². The van der Waals surface area contributed by atoms with Crippen LogP contribution in [0.15, 0.2) is 48.5 Å². The Bertz CT molecular complexity index is 796. The summed E-state index contributed by atoms with van der Waals surface area (Å²) in [6, 6.07) is 15.0. The Balaban J connectivity index is 1.40. The number of anilines is 1. The van der Waals surface area contributed by atoms with Gasteiger partial charge >= 0.3 is 0 Å². The first kappa shape index (κ1) is 18.7. The number of nitrogens with one attached hydrogen (secondary N) is 2. The molecule has 136 valence electrons. The van der Waals surface area contributed by atoms with Crippen molar-refractivity contribution in [2.75, 3.05) is 11.9 Å². The summed E-state index contributed by atoms with van der Waals surface area (Å²) >= 11 is 12.0. The van der Waals surface area contributed by atoms with E-state index < -0.39 is 0 Å². The minimum Gasteiger partial charge on any atom is -0.356 e. The molecule has 2 atom stereocenters. The second-order valence-electron chi connectivity index (χ2n) is 6.44. The number of halogens is 2. The van der Waals surface area contributed by atoms with E-state index in [1.807, 2.05) is 18.2 Å². The lowest BCUT2D eigenvalue weighted by atomic mass is 10.1. The molecule has 0 bridgehead atoms. The molecule has 0 heterocycles. The Kier molecular flexibility index (Phi) is 6.17. The van der Waals surface area contributed by atoms with Gasteiger partial charge in [0.05, 0.1) is 22.5 Å². The third-order valence-corrected chi connectivity index (χ3v) is 5.00. The molecule has 0 aliphatic heterocycles. The van der Waals surface area contributed by atoms with Gasteiger partial charge in [-0.1, -0.05) is 53.5 Å². The van der Waals surface area contributed by atoms with E-state index in [0.717, 1.165) is 12.8 Å². The summed E-state index contributed by atoms with van der Waals surface area (Å²) in [5.41, 5.74) is 1.72. The van der Waals surface area contributed by atoms with Gasteiger partial charge in [0.2, 0.25) is 11.8 Å². The number of hydrogen-bond acceptors (Lipinski definition) is 2. The monoisotopic (exact) mass is 390 g/mol. The van der Waals surface area contributed by atoms with Gasteiger partial charge in [-0.2, -0.15) is 0 Å². The molecule has 1 saturated carbocycles. The van der Waals surface area contributed by atoms with Gasteiger partial charge < -0.3 is 10.6 Å². The summed E-state index contributed by atoms with van der Waals surface area (Å²) in [6.45, 7) is 0.610. The molecule has 0 radical (unpaired) electrons. The molecule has 0 aromatic heterocycles. The smallest absolute Gasteiger partial charge is 0.228 e. The fourth-order valence-corrected chi connectivity index (χ4v) is 3.21. The normalized spacial score (nSPS) is 18.2. The molecule has 2 amide bonds. The lowest BCUT2D eigenvalue weighted by molar-refractivity contribution is -0.125. The largest absolute Gasteiger partial charge is 0.356 e. The molecule has 26 heavy (non-hydrogen) atoms. The van der Waals surface area contributed by atoms with Crippen LogP contribution in [0.3, 0.4) is 0 Å². The van der Waals surface area contributed by atoms with Gasteiger partial charge in [-0.15, -0.1) is 0 Å². The van der Waals surface area contributed by atoms with Crippen LogP contribution in [-0.4, -0.2) is 18.4 Å². The van der Waals surface area contributed by atoms with Crippen molar-refractivity contribution in [3.63, 3.8) is 0 Å². The maximum Gasteiger partial charge on any atom is 0.228 e. The van der Waals surface area contributed by atoms with Crippen molar-refractivity contribution in [2.45, 2.75) is 19.3 Å². The van der Waals surface area contributed by atoms with Gasteiger partial charge in [-0.25, -0.2) is 0 Å². The highest BCUT2D eigenvalue weighted by Crippen LogP contribution is 2.40. The third kappa shape index (κ3) is 4.99. The van der Waals surface area contributed by atoms with Crippen LogP contribution in [0.2, 0.25) is 10.0 Å². The molecular formula is C20H20Cl2N2O2. The van der Waals surface area contributed by atoms with Crippen LogP contribution in [0.1, 0.15) is 18.4 Å². The lowest BCUT2D eigenvalue weighted by Crippen LogP contribution is -2.28. The summed E-state index contributed by atoms with van der Waals surface area (Å²) in [5, 5.41) is 6.58. The van der Waals surface area contributed by atoms with Gasteiger partial charge in [0, 0.05) is 11.6 Å². The maximum atomic E-state index is 12.3. The van der Waals surface area contributed by atoms with Gasteiger partial charge in [-0.3, -0.25) is 9.59 Å². The van der Waals surface area contributed by atoms with Crippen LogP contribution in [-0.2, 0) is 16.0 Å². The van der Waals surface area contributed by atoms with Crippen LogP contribution in [0.25, 0.3) is 0 Å². The van der Waals surface area contributed by atoms with E-state index in [0.29, 0.717) is 28.7 Å². The summed E-state index contributed by atoms with van der Waals surface area (Å²) in [7, 11) is 0. The van der Waals surface area contributed by atoms with E-state index in [4.69, 9.17) is 23.2 Å². The molecule has 0 spiro atoms. The minimum atomic E-state index is -0.306. The first-order valence-electron chi connectivity index (χ1n) is 8.62. The fourth-order valence-electron chi connectivity index (χ4n) is 2.87. The second kappa shape index (κ2) is 8.56. The molecular weight excluding hydrogens is 371 g/mol. The molecule has 1 aliphatic carbocycles. The van der Waals surface area contributed by atoms with Crippen molar-refractivity contribution in [3.8, 4) is 0 Å². The molecule has 6 heteroatoms. The SMILES string of the molecule is O=C(NCCCc1ccccc1)C1CC1C(=O)Nc1cc(Cl)ccc1Cl. The van der Waals surface area contributed by atoms with Crippen LogP contribution in [0.4, 0.5) is 5.69 Å². The summed E-state index contributed by atoms with van der Waals surface area (Å²) in [6.07, 6.45) is 2.36. The predicted octanol–water partition coefficient (Wildman–Crippen LogP) is 4.32. The van der Waals surface area contributed by atoms with Crippen molar-refractivity contribution >= 4 is 40.7 Å². The van der Waals surface area contributed by atoms with Crippen LogP contribution < -0.4 is 10.6 Å². The zero-order valence-electron chi connectivity index (χ0n) is 14.2. The standard InChI is InChI=1S/C20H20Cl2N2O2/c21-14-8-9-17(22)18(11-14)24-20(26)16-12-15(16)19(25)23-10-4-7-13-5-2-1-3-6-13/h1-3,5-6,8-9,11,15-16H,4,7,10,12H2,(H,23,25)(H,24,26). The predicted molar refractivity (Wildman–Crippen MR) is 104 cm³/mol. The molecule has 4 nitrogen and oxygen atoms in total. The fraction of sp³-hybridized carbons (Fsp3) is 0.300. The highest BCUT2D eigenvalue weighted by Gasteiger charge is 2.47. The molecule has 3 rings (SSSR count). The number of carbonyl (C=O) groups is 2. The Morgan fingerprint density at radius 3 is 2.50 bits per heavy atom. The molecule has 2 aromatic rings. The van der Waals surface area contributed by atoms with Crippen LogP contribution in [0.5, 0.6) is 0 Å². The Hall–Kier alpha value is -2.04. The number of amides is 2. The van der Waals surface area contributed by atoms with E-state index in [1.54, 1.807) is 18.2 Å². The highest BCUT2D eigenvalue weighted by atomic mass is 35.5. The van der Waals surface area contributed by atoms with Crippen LogP contribution in [0, 0.1) is 11.8 Å². The number of aryl methyl sites for hydroxylation is 1. The maximum absolute atomic E-state index is 12.3. The summed E-state index contributed by atoms with van der Waals surface area (Å²) in [5.74, 6) is -0.821. The highest BCUT2D eigenvalue weighted by molar-refractivity contribution is 6.35. The van der Waals surface area contributed by atoms with Crippen LogP contribution >= 0.6 is 23.2 Å². The van der Waals surface area contributed by atoms with Gasteiger partial charge in [0.25, 0.3) is 0 Å². The topological polar surface area (TPSA) is 58.2 Å². The van der Waals surface area contributed by atoms with E-state index >= 15 is 0 Å². The first-order chi connectivity index (χ1) is 12.5. The van der Waals surface area contributed by atoms with Crippen molar-refractivity contribution < 1.29 is 9.59 Å². The molecule has 0 saturated heterocycles. The van der Waals surface area contributed by atoms with Crippen molar-refractivity contribution in [1.29, 1.82) is 0 Å². The van der Waals surface area contributed by atoms with E-state index in [9.17, 15) is 9.59 Å². The number of carbonyl (C=O) groups excluding carboxylic acids is 2. The molecule has 2 N–H and O–H groups in total. The summed E-state index contributed by atoms with van der Waals surface area (Å²) in [4.78, 5) is 24.4. The van der Waals surface area contributed by atoms with Gasteiger partial charge in [0.15, 0.2) is 0 Å². The Morgan fingerprint density at radius 2 is 1.73 bits per heavy atom. The molecule has 2 aromatic carbocycles. The minimum absolute atomic E-state index is 0.0598. The quantitative estimate of drug-likeness (QED) is 0.691. The second-order valence-corrected chi connectivity index (χ2v) is 7.29. The Morgan fingerprint density at radius 1 is 1.00 bits per heavy atom. The van der Waals surface area contributed by atoms with Gasteiger partial charge in [0.1, 0.15) is 0 Å². The zero-order valence-corrected chi connectivity index (χ0v) is 15.7. The van der Waals surface area contributed by atoms with E-state index in [-0.39, 0.29) is 23.7 Å². The first-order valence-corrected chi connectivity index (χ1v) is 9.38. The zero-order chi connectivity index (χ0) is 18.5. The average Bonchev–Trinajstić information content (AvgIpc) is 3.43. The van der Waals surface area contributed by atoms with E-state index in [1.165, 1.54) is 5.56 Å². The van der Waals surface area contributed by atoms with Crippen molar-refractivity contribution in [3.05, 3.63) is 64.1 Å². The van der Waals surface area contributed by atoms with Crippen molar-refractivity contribution in [1.82, 2.24) is 5.32 Å². The lowest BCUT2D eigenvalue weighted by Gasteiger charge is -2.08. The number of rotatable bonds is 7. The summed E-state index contributed by atoms with van der Waals surface area (Å²) < 4.78 is 0.